The molecule has 4 aliphatic carbocycles. The van der Waals surface area contributed by atoms with Crippen molar-refractivity contribution in [2.45, 2.75) is 75.2 Å². The summed E-state index contributed by atoms with van der Waals surface area (Å²) in [4.78, 5) is 12.8. The molecule has 0 saturated heterocycles. The zero-order chi connectivity index (χ0) is 19.0. The maximum Gasteiger partial charge on any atom is 0.433 e. The van der Waals surface area contributed by atoms with E-state index in [1.807, 2.05) is 0 Å². The van der Waals surface area contributed by atoms with Crippen molar-refractivity contribution in [3.63, 3.8) is 0 Å². The van der Waals surface area contributed by atoms with Crippen LogP contribution in [0.1, 0.15) is 73.5 Å². The highest BCUT2D eigenvalue weighted by atomic mass is 19.4. The summed E-state index contributed by atoms with van der Waals surface area (Å²) in [6.45, 7) is 0. The fourth-order valence-corrected chi connectivity index (χ4v) is 5.95. The standard InChI is InChI=1S/C19H24F3N3O2/c20-19(21,22)16-14(9-23-25(16)12-1-2-12)17(26)24-15-3-4-18(27)7-10-5-11(8-18)13(15)6-10/h9-13,15,27H,1-8H2,(H,24,26). The lowest BCUT2D eigenvalue weighted by Crippen LogP contribution is -2.42. The molecule has 0 spiro atoms. The number of nitrogens with one attached hydrogen (secondary N) is 1. The van der Waals surface area contributed by atoms with Gasteiger partial charge in [0.05, 0.1) is 23.4 Å². The number of nitrogens with zero attached hydrogens (tertiary/aromatic N) is 2. The average molecular weight is 383 g/mol. The number of fused-ring (bicyclic) bond motifs is 2. The quantitative estimate of drug-likeness (QED) is 0.842. The summed E-state index contributed by atoms with van der Waals surface area (Å²) in [5.41, 5.74) is -1.96. The molecule has 148 valence electrons. The zero-order valence-corrected chi connectivity index (χ0v) is 15.0. The number of aliphatic hydroxyl groups is 1. The van der Waals surface area contributed by atoms with E-state index in [9.17, 15) is 23.1 Å². The first-order chi connectivity index (χ1) is 12.7. The molecule has 2 N–H and O–H groups in total. The predicted octanol–water partition coefficient (Wildman–Crippen LogP) is 3.30. The Kier molecular flexibility index (Phi) is 3.71. The molecule has 1 amide bonds. The molecule has 4 aliphatic rings. The van der Waals surface area contributed by atoms with Crippen molar-refractivity contribution in [2.24, 2.45) is 17.8 Å². The Morgan fingerprint density at radius 2 is 2.04 bits per heavy atom. The monoisotopic (exact) mass is 383 g/mol. The zero-order valence-electron chi connectivity index (χ0n) is 15.0. The van der Waals surface area contributed by atoms with Gasteiger partial charge in [0, 0.05) is 6.04 Å². The number of carbonyl (C=O) groups is 1. The van der Waals surface area contributed by atoms with Crippen LogP contribution in [0, 0.1) is 17.8 Å². The van der Waals surface area contributed by atoms with Crippen LogP contribution in [-0.4, -0.2) is 32.4 Å². The Balaban J connectivity index is 1.40. The van der Waals surface area contributed by atoms with Gasteiger partial charge in [-0.25, -0.2) is 0 Å². The number of aromatic nitrogens is 2. The minimum absolute atomic E-state index is 0.174. The molecule has 1 aromatic heterocycles. The van der Waals surface area contributed by atoms with Crippen molar-refractivity contribution in [3.8, 4) is 0 Å². The van der Waals surface area contributed by atoms with Crippen LogP contribution in [0.2, 0.25) is 0 Å². The van der Waals surface area contributed by atoms with Gasteiger partial charge in [-0.3, -0.25) is 9.48 Å². The summed E-state index contributed by atoms with van der Waals surface area (Å²) >= 11 is 0. The van der Waals surface area contributed by atoms with Crippen molar-refractivity contribution in [3.05, 3.63) is 17.5 Å². The van der Waals surface area contributed by atoms with E-state index in [1.165, 1.54) is 0 Å². The normalized spacial score (nSPS) is 38.1. The number of hydrogen-bond acceptors (Lipinski definition) is 3. The van der Waals surface area contributed by atoms with Gasteiger partial charge >= 0.3 is 6.18 Å². The maximum atomic E-state index is 13.6. The van der Waals surface area contributed by atoms with Crippen LogP contribution in [0.4, 0.5) is 13.2 Å². The summed E-state index contributed by atoms with van der Waals surface area (Å²) in [5, 5.41) is 17.6. The average Bonchev–Trinajstić information content (AvgIpc) is 3.24. The molecule has 8 heteroatoms. The van der Waals surface area contributed by atoms with Gasteiger partial charge in [0.2, 0.25) is 0 Å². The highest BCUT2D eigenvalue weighted by Gasteiger charge is 2.52. The van der Waals surface area contributed by atoms with Gasteiger partial charge in [0.25, 0.3) is 5.91 Å². The third kappa shape index (κ3) is 2.96. The molecule has 5 rings (SSSR count). The summed E-state index contributed by atoms with van der Waals surface area (Å²) in [5.74, 6) is 0.398. The van der Waals surface area contributed by atoms with Crippen molar-refractivity contribution < 1.29 is 23.1 Å². The maximum absolute atomic E-state index is 13.6. The molecule has 3 bridgehead atoms. The Labute approximate surface area is 155 Å². The van der Waals surface area contributed by atoms with Gasteiger partial charge < -0.3 is 10.4 Å². The van der Waals surface area contributed by atoms with Crippen molar-refractivity contribution in [1.29, 1.82) is 0 Å². The number of alkyl halides is 3. The molecule has 0 radical (unpaired) electrons. The minimum atomic E-state index is -4.61. The molecule has 4 saturated carbocycles. The summed E-state index contributed by atoms with van der Waals surface area (Å²) in [6.07, 6.45) is 2.60. The first-order valence-electron chi connectivity index (χ1n) is 9.91. The molecule has 0 aromatic carbocycles. The smallest absolute Gasteiger partial charge is 0.390 e. The molecular weight excluding hydrogens is 359 g/mol. The highest BCUT2D eigenvalue weighted by Crippen LogP contribution is 2.55. The van der Waals surface area contributed by atoms with Crippen LogP contribution < -0.4 is 5.32 Å². The van der Waals surface area contributed by atoms with Gasteiger partial charge in [0.15, 0.2) is 5.69 Å². The summed E-state index contributed by atoms with van der Waals surface area (Å²) in [6, 6.07) is -0.422. The SMILES string of the molecule is O=C(NC1CCC2(O)CC3CC(C2)C1C3)c1cnn(C2CC2)c1C(F)(F)F. The number of halogens is 3. The molecule has 5 nitrogen and oxygen atoms in total. The van der Waals surface area contributed by atoms with Crippen LogP contribution in [0.5, 0.6) is 0 Å². The van der Waals surface area contributed by atoms with E-state index in [4.69, 9.17) is 0 Å². The topological polar surface area (TPSA) is 67.2 Å². The van der Waals surface area contributed by atoms with Crippen molar-refractivity contribution >= 4 is 5.91 Å². The van der Waals surface area contributed by atoms with Crippen molar-refractivity contribution in [1.82, 2.24) is 15.1 Å². The van der Waals surface area contributed by atoms with E-state index in [0.29, 0.717) is 37.5 Å². The van der Waals surface area contributed by atoms with E-state index < -0.39 is 23.4 Å². The lowest BCUT2D eigenvalue weighted by atomic mass is 9.76. The Bertz CT molecular complexity index is 773. The minimum Gasteiger partial charge on any atom is -0.390 e. The molecule has 1 aromatic rings. The van der Waals surface area contributed by atoms with Gasteiger partial charge in [-0.05, 0) is 69.1 Å². The van der Waals surface area contributed by atoms with E-state index >= 15 is 0 Å². The summed E-state index contributed by atoms with van der Waals surface area (Å²) < 4.78 is 41.7. The Morgan fingerprint density at radius 1 is 1.26 bits per heavy atom. The fourth-order valence-electron chi connectivity index (χ4n) is 5.95. The van der Waals surface area contributed by atoms with Crippen LogP contribution in [0.25, 0.3) is 0 Å². The number of rotatable bonds is 3. The molecule has 4 fully saturated rings. The van der Waals surface area contributed by atoms with Gasteiger partial charge in [0.1, 0.15) is 0 Å². The number of hydrogen-bond donors (Lipinski definition) is 2. The fraction of sp³-hybridized carbons (Fsp3) is 0.789. The Morgan fingerprint density at radius 3 is 2.74 bits per heavy atom. The van der Waals surface area contributed by atoms with E-state index in [-0.39, 0.29) is 23.6 Å². The molecule has 1 heterocycles. The first-order valence-corrected chi connectivity index (χ1v) is 9.91. The van der Waals surface area contributed by atoms with E-state index in [2.05, 4.69) is 10.4 Å². The lowest BCUT2D eigenvalue weighted by molar-refractivity contribution is -0.144. The number of amides is 1. The lowest BCUT2D eigenvalue weighted by Gasteiger charge is -2.35. The van der Waals surface area contributed by atoms with Gasteiger partial charge in [-0.15, -0.1) is 0 Å². The van der Waals surface area contributed by atoms with Crippen molar-refractivity contribution in [2.75, 3.05) is 0 Å². The molecular formula is C19H24F3N3O2. The molecule has 27 heavy (non-hydrogen) atoms. The highest BCUT2D eigenvalue weighted by molar-refractivity contribution is 5.95. The Hall–Kier alpha value is -1.57. The first kappa shape index (κ1) is 17.5. The molecule has 0 aliphatic heterocycles. The largest absolute Gasteiger partial charge is 0.433 e. The van der Waals surface area contributed by atoms with Gasteiger partial charge in [-0.1, -0.05) is 0 Å². The van der Waals surface area contributed by atoms with Crippen LogP contribution in [0.15, 0.2) is 6.20 Å². The van der Waals surface area contributed by atoms with E-state index in [0.717, 1.165) is 36.6 Å². The second-order valence-electron chi connectivity index (χ2n) is 9.09. The van der Waals surface area contributed by atoms with Gasteiger partial charge in [-0.2, -0.15) is 18.3 Å². The van der Waals surface area contributed by atoms with Crippen LogP contribution in [-0.2, 0) is 6.18 Å². The van der Waals surface area contributed by atoms with Crippen LogP contribution in [0.3, 0.4) is 0 Å². The molecule has 5 unspecified atom stereocenters. The third-order valence-electron chi connectivity index (χ3n) is 7.11. The van der Waals surface area contributed by atoms with Crippen LogP contribution >= 0.6 is 0 Å². The second kappa shape index (κ2) is 5.72. The predicted molar refractivity (Wildman–Crippen MR) is 89.9 cm³/mol. The summed E-state index contributed by atoms with van der Waals surface area (Å²) in [7, 11) is 0. The number of carbonyl (C=O) groups excluding carboxylic acids is 1. The van der Waals surface area contributed by atoms with E-state index in [1.54, 1.807) is 0 Å². The second-order valence-corrected chi connectivity index (χ2v) is 9.09. The molecule has 5 atom stereocenters. The third-order valence-corrected chi connectivity index (χ3v) is 7.11.